The number of aliphatic hydroxyl groups is 4. The molecule has 0 aliphatic carbocycles. The minimum atomic E-state index is -1.26. The summed E-state index contributed by atoms with van der Waals surface area (Å²) in [6.45, 7) is 3.75. The lowest BCUT2D eigenvalue weighted by atomic mass is 9.91. The van der Waals surface area contributed by atoms with E-state index >= 15 is 0 Å². The summed E-state index contributed by atoms with van der Waals surface area (Å²) >= 11 is 0. The van der Waals surface area contributed by atoms with Crippen LogP contribution in [0.5, 0.6) is 0 Å². The zero-order valence-corrected chi connectivity index (χ0v) is 12.4. The Balaban J connectivity index is 4.19. The van der Waals surface area contributed by atoms with Crippen molar-refractivity contribution in [2.24, 2.45) is 5.41 Å². The molecule has 0 heterocycles. The van der Waals surface area contributed by atoms with Gasteiger partial charge in [0.15, 0.2) is 0 Å². The summed E-state index contributed by atoms with van der Waals surface area (Å²) < 4.78 is 5.01. The van der Waals surface area contributed by atoms with Gasteiger partial charge < -0.3 is 30.5 Å². The zero-order chi connectivity index (χ0) is 15.8. The first-order valence-corrected chi connectivity index (χ1v) is 6.70. The predicted molar refractivity (Wildman–Crippen MR) is 73.0 cm³/mol. The van der Waals surface area contributed by atoms with Crippen LogP contribution in [0.1, 0.15) is 27.2 Å². The Morgan fingerprint density at radius 1 is 1.20 bits per heavy atom. The van der Waals surface area contributed by atoms with Crippen LogP contribution in [0, 0.1) is 5.41 Å². The molecular weight excluding hydrogens is 266 g/mol. The van der Waals surface area contributed by atoms with Crippen molar-refractivity contribution in [2.45, 2.75) is 38.8 Å². The van der Waals surface area contributed by atoms with Crippen molar-refractivity contribution in [1.29, 1.82) is 0 Å². The first kappa shape index (κ1) is 19.3. The van der Waals surface area contributed by atoms with Gasteiger partial charge in [-0.05, 0) is 20.3 Å². The van der Waals surface area contributed by atoms with E-state index in [0.717, 1.165) is 0 Å². The smallest absolute Gasteiger partial charge is 0.311 e. The number of nitrogens with one attached hydrogen (secondary N) is 1. The van der Waals surface area contributed by atoms with E-state index in [0.29, 0.717) is 6.42 Å². The number of carbonyl (C=O) groups excluding carboxylic acids is 1. The molecule has 0 spiro atoms. The van der Waals surface area contributed by atoms with Gasteiger partial charge in [-0.2, -0.15) is 0 Å². The molecule has 1 atom stereocenters. The first-order chi connectivity index (χ1) is 9.26. The lowest BCUT2D eigenvalue weighted by molar-refractivity contribution is -0.157. The highest BCUT2D eigenvalue weighted by Gasteiger charge is 2.30. The highest BCUT2D eigenvalue weighted by molar-refractivity contribution is 5.75. The quantitative estimate of drug-likeness (QED) is 0.315. The predicted octanol–water partition coefficient (Wildman–Crippen LogP) is -1.37. The van der Waals surface area contributed by atoms with E-state index in [9.17, 15) is 9.90 Å². The molecule has 0 amide bonds. The molecule has 7 nitrogen and oxygen atoms in total. The molecule has 0 radical (unpaired) electrons. The van der Waals surface area contributed by atoms with Crippen molar-refractivity contribution in [3.8, 4) is 0 Å². The van der Waals surface area contributed by atoms with E-state index in [1.165, 1.54) is 0 Å². The average Bonchev–Trinajstić information content (AvgIpc) is 2.46. The lowest BCUT2D eigenvalue weighted by Gasteiger charge is -2.30. The average molecular weight is 293 g/mol. The van der Waals surface area contributed by atoms with Gasteiger partial charge in [-0.15, -0.1) is 0 Å². The molecule has 0 aromatic carbocycles. The SMILES string of the molecule is CCC(C)(C)C(=O)OCC(O)CNC(CO)(CO)CO. The molecule has 20 heavy (non-hydrogen) atoms. The summed E-state index contributed by atoms with van der Waals surface area (Å²) in [5.41, 5.74) is -1.86. The number of ether oxygens (including phenoxy) is 1. The number of rotatable bonds is 10. The normalized spacial score (nSPS) is 14.2. The Bertz CT molecular complexity index is 282. The van der Waals surface area contributed by atoms with E-state index in [2.05, 4.69) is 5.32 Å². The van der Waals surface area contributed by atoms with E-state index < -0.39 is 42.8 Å². The number of aliphatic hydroxyl groups excluding tert-OH is 4. The number of β-amino-alcohol motifs (C(OH)–C–C–N with tert-alkyl or cyclic N) is 1. The van der Waals surface area contributed by atoms with Crippen LogP contribution in [0.25, 0.3) is 0 Å². The van der Waals surface area contributed by atoms with Crippen molar-refractivity contribution >= 4 is 5.97 Å². The van der Waals surface area contributed by atoms with Gasteiger partial charge in [0.2, 0.25) is 0 Å². The third-order valence-corrected chi connectivity index (χ3v) is 3.46. The summed E-state index contributed by atoms with van der Waals surface area (Å²) in [6.07, 6.45) is -0.362. The molecule has 7 heteroatoms. The van der Waals surface area contributed by atoms with Crippen LogP contribution in [-0.2, 0) is 9.53 Å². The molecule has 0 aliphatic heterocycles. The van der Waals surface area contributed by atoms with Crippen LogP contribution >= 0.6 is 0 Å². The van der Waals surface area contributed by atoms with E-state index in [-0.39, 0.29) is 13.2 Å². The Labute approximate surface area is 119 Å². The third kappa shape index (κ3) is 5.72. The van der Waals surface area contributed by atoms with Gasteiger partial charge in [0.25, 0.3) is 0 Å². The number of hydrogen-bond acceptors (Lipinski definition) is 7. The topological polar surface area (TPSA) is 119 Å². The second-order valence-electron chi connectivity index (χ2n) is 5.63. The van der Waals surface area contributed by atoms with Gasteiger partial charge in [-0.3, -0.25) is 4.79 Å². The second kappa shape index (κ2) is 8.53. The molecule has 0 saturated heterocycles. The van der Waals surface area contributed by atoms with Gasteiger partial charge in [0.1, 0.15) is 12.7 Å². The molecule has 0 bridgehead atoms. The van der Waals surface area contributed by atoms with Gasteiger partial charge in [-0.25, -0.2) is 0 Å². The van der Waals surface area contributed by atoms with E-state index in [1.54, 1.807) is 13.8 Å². The zero-order valence-electron chi connectivity index (χ0n) is 12.4. The van der Waals surface area contributed by atoms with Gasteiger partial charge in [0.05, 0.1) is 30.8 Å². The summed E-state index contributed by atoms with van der Waals surface area (Å²) in [7, 11) is 0. The minimum Gasteiger partial charge on any atom is -0.462 e. The monoisotopic (exact) mass is 293 g/mol. The fraction of sp³-hybridized carbons (Fsp3) is 0.923. The molecule has 120 valence electrons. The fourth-order valence-electron chi connectivity index (χ4n) is 1.22. The van der Waals surface area contributed by atoms with Crippen LogP contribution < -0.4 is 5.32 Å². The molecule has 0 fully saturated rings. The van der Waals surface area contributed by atoms with Crippen molar-refractivity contribution in [2.75, 3.05) is 33.0 Å². The van der Waals surface area contributed by atoms with Crippen LogP contribution in [0.3, 0.4) is 0 Å². The van der Waals surface area contributed by atoms with Crippen molar-refractivity contribution in [3.05, 3.63) is 0 Å². The van der Waals surface area contributed by atoms with E-state index in [4.69, 9.17) is 20.1 Å². The van der Waals surface area contributed by atoms with Crippen molar-refractivity contribution in [3.63, 3.8) is 0 Å². The lowest BCUT2D eigenvalue weighted by Crippen LogP contribution is -2.57. The summed E-state index contributed by atoms with van der Waals surface area (Å²) in [5.74, 6) is -0.392. The maximum Gasteiger partial charge on any atom is 0.311 e. The maximum atomic E-state index is 11.7. The summed E-state index contributed by atoms with van der Waals surface area (Å²) in [4.78, 5) is 11.7. The second-order valence-corrected chi connectivity index (χ2v) is 5.63. The highest BCUT2D eigenvalue weighted by Crippen LogP contribution is 2.21. The van der Waals surface area contributed by atoms with Crippen LogP contribution in [0.4, 0.5) is 0 Å². The molecule has 0 aliphatic rings. The van der Waals surface area contributed by atoms with E-state index in [1.807, 2.05) is 6.92 Å². The van der Waals surface area contributed by atoms with Crippen LogP contribution in [0.15, 0.2) is 0 Å². The maximum absolute atomic E-state index is 11.7. The highest BCUT2D eigenvalue weighted by atomic mass is 16.5. The Morgan fingerprint density at radius 3 is 2.10 bits per heavy atom. The van der Waals surface area contributed by atoms with Crippen molar-refractivity contribution < 1.29 is 30.0 Å². The molecule has 0 aromatic heterocycles. The number of carbonyl (C=O) groups is 1. The summed E-state index contributed by atoms with van der Waals surface area (Å²) in [6, 6.07) is 0. The standard InChI is InChI=1S/C13H27NO6/c1-4-12(2,3)11(19)20-6-10(18)5-14-13(7-15,8-16)9-17/h10,14-18H,4-9H2,1-3H3. The minimum absolute atomic E-state index is 0.0263. The summed E-state index contributed by atoms with van der Waals surface area (Å²) in [5, 5.41) is 39.7. The Morgan fingerprint density at radius 2 is 1.70 bits per heavy atom. The molecule has 0 saturated carbocycles. The largest absolute Gasteiger partial charge is 0.462 e. The first-order valence-electron chi connectivity index (χ1n) is 6.70. The van der Waals surface area contributed by atoms with Crippen LogP contribution in [-0.4, -0.2) is 71.0 Å². The number of hydrogen-bond donors (Lipinski definition) is 5. The van der Waals surface area contributed by atoms with Crippen LogP contribution in [0.2, 0.25) is 0 Å². The Kier molecular flexibility index (Phi) is 8.22. The molecule has 5 N–H and O–H groups in total. The van der Waals surface area contributed by atoms with Crippen molar-refractivity contribution in [1.82, 2.24) is 5.32 Å². The van der Waals surface area contributed by atoms with Gasteiger partial charge >= 0.3 is 5.97 Å². The molecule has 0 aromatic rings. The van der Waals surface area contributed by atoms with Gasteiger partial charge in [0, 0.05) is 6.54 Å². The molecule has 0 rings (SSSR count). The van der Waals surface area contributed by atoms with Gasteiger partial charge in [-0.1, -0.05) is 6.92 Å². The molecule has 1 unspecified atom stereocenters. The Hall–Kier alpha value is -0.730. The number of esters is 1. The molecular formula is C13H27NO6. The fourth-order valence-corrected chi connectivity index (χ4v) is 1.22. The third-order valence-electron chi connectivity index (χ3n) is 3.46.